The number of anilines is 2. The number of carbonyl (C=O) groups is 1. The number of carbonyl (C=O) groups excluding carboxylic acids is 1. The Bertz CT molecular complexity index is 818. The number of aromatic nitrogens is 2. The zero-order valence-corrected chi connectivity index (χ0v) is 16.6. The lowest BCUT2D eigenvalue weighted by Gasteiger charge is -2.33. The number of aryl methyl sites for hydroxylation is 1. The van der Waals surface area contributed by atoms with Crippen molar-refractivity contribution in [2.24, 2.45) is 0 Å². The Morgan fingerprint density at radius 1 is 1.14 bits per heavy atom. The standard InChI is InChI=1S/C22H29N5O/c1-17-7-5-11-23-22(17)25-20-10-4-9-19(24-20)18-8-6-12-26(15-18)16-21(28)27-13-2-3-14-27/h4-5,7,9-11,18H,2-3,6,8,12-16H2,1H3,(H,23,24,25). The predicted octanol–water partition coefficient (Wildman–Crippen LogP) is 3.33. The number of hydrogen-bond donors (Lipinski definition) is 1. The summed E-state index contributed by atoms with van der Waals surface area (Å²) >= 11 is 0. The Morgan fingerprint density at radius 3 is 2.82 bits per heavy atom. The molecule has 2 saturated heterocycles. The zero-order chi connectivity index (χ0) is 19.3. The molecule has 1 N–H and O–H groups in total. The van der Waals surface area contributed by atoms with Crippen LogP contribution in [0.25, 0.3) is 0 Å². The van der Waals surface area contributed by atoms with Gasteiger partial charge in [0.1, 0.15) is 11.6 Å². The molecule has 2 aliphatic heterocycles. The van der Waals surface area contributed by atoms with Gasteiger partial charge in [-0.15, -0.1) is 0 Å². The first kappa shape index (κ1) is 18.9. The van der Waals surface area contributed by atoms with E-state index in [1.54, 1.807) is 6.20 Å². The van der Waals surface area contributed by atoms with Crippen LogP contribution in [0.3, 0.4) is 0 Å². The molecule has 0 aliphatic carbocycles. The third-order valence-corrected chi connectivity index (χ3v) is 5.77. The summed E-state index contributed by atoms with van der Waals surface area (Å²) in [6.45, 7) is 6.34. The lowest BCUT2D eigenvalue weighted by Crippen LogP contribution is -2.43. The van der Waals surface area contributed by atoms with Crippen molar-refractivity contribution >= 4 is 17.5 Å². The smallest absolute Gasteiger partial charge is 0.236 e. The average molecular weight is 380 g/mol. The van der Waals surface area contributed by atoms with Gasteiger partial charge in [0, 0.05) is 37.4 Å². The Balaban J connectivity index is 1.40. The third-order valence-electron chi connectivity index (χ3n) is 5.77. The van der Waals surface area contributed by atoms with Crippen molar-refractivity contribution in [3.63, 3.8) is 0 Å². The van der Waals surface area contributed by atoms with Crippen molar-refractivity contribution in [2.75, 3.05) is 38.0 Å². The van der Waals surface area contributed by atoms with Crippen LogP contribution in [0.5, 0.6) is 0 Å². The second-order valence-electron chi connectivity index (χ2n) is 7.90. The van der Waals surface area contributed by atoms with Gasteiger partial charge in [-0.1, -0.05) is 12.1 Å². The van der Waals surface area contributed by atoms with Crippen molar-refractivity contribution in [3.8, 4) is 0 Å². The van der Waals surface area contributed by atoms with Gasteiger partial charge in [0.05, 0.1) is 6.54 Å². The molecule has 6 heteroatoms. The van der Waals surface area contributed by atoms with E-state index in [1.807, 2.05) is 30.0 Å². The Labute approximate surface area is 167 Å². The molecule has 28 heavy (non-hydrogen) atoms. The molecule has 1 unspecified atom stereocenters. The Morgan fingerprint density at radius 2 is 2.00 bits per heavy atom. The topological polar surface area (TPSA) is 61.4 Å². The van der Waals surface area contributed by atoms with Crippen LogP contribution in [0, 0.1) is 6.92 Å². The van der Waals surface area contributed by atoms with Crippen molar-refractivity contribution in [2.45, 2.75) is 38.5 Å². The summed E-state index contributed by atoms with van der Waals surface area (Å²) in [5, 5.41) is 3.34. The van der Waals surface area contributed by atoms with E-state index in [2.05, 4.69) is 27.3 Å². The molecule has 6 nitrogen and oxygen atoms in total. The van der Waals surface area contributed by atoms with Gasteiger partial charge in [0.2, 0.25) is 5.91 Å². The fraction of sp³-hybridized carbons (Fsp3) is 0.500. The summed E-state index contributed by atoms with van der Waals surface area (Å²) in [5.41, 5.74) is 2.19. The second kappa shape index (κ2) is 8.69. The molecule has 0 spiro atoms. The fourth-order valence-corrected chi connectivity index (χ4v) is 4.18. The minimum atomic E-state index is 0.284. The molecule has 0 aromatic carbocycles. The number of likely N-dealkylation sites (tertiary alicyclic amines) is 2. The van der Waals surface area contributed by atoms with Crippen LogP contribution >= 0.6 is 0 Å². The summed E-state index contributed by atoms with van der Waals surface area (Å²) < 4.78 is 0. The molecule has 4 heterocycles. The maximum absolute atomic E-state index is 12.5. The average Bonchev–Trinajstić information content (AvgIpc) is 3.25. The lowest BCUT2D eigenvalue weighted by molar-refractivity contribution is -0.131. The molecular formula is C22H29N5O. The summed E-state index contributed by atoms with van der Waals surface area (Å²) in [7, 11) is 0. The first-order valence-electron chi connectivity index (χ1n) is 10.3. The van der Waals surface area contributed by atoms with E-state index < -0.39 is 0 Å². The number of pyridine rings is 2. The van der Waals surface area contributed by atoms with Gasteiger partial charge in [-0.2, -0.15) is 0 Å². The fourth-order valence-electron chi connectivity index (χ4n) is 4.18. The second-order valence-corrected chi connectivity index (χ2v) is 7.90. The number of piperidine rings is 1. The maximum Gasteiger partial charge on any atom is 0.236 e. The van der Waals surface area contributed by atoms with E-state index in [0.29, 0.717) is 12.5 Å². The van der Waals surface area contributed by atoms with E-state index in [9.17, 15) is 4.79 Å². The minimum Gasteiger partial charge on any atom is -0.342 e. The van der Waals surface area contributed by atoms with E-state index in [4.69, 9.17) is 4.98 Å². The summed E-state index contributed by atoms with van der Waals surface area (Å²) in [6.07, 6.45) is 6.31. The van der Waals surface area contributed by atoms with Crippen LogP contribution in [0.15, 0.2) is 36.5 Å². The highest BCUT2D eigenvalue weighted by Crippen LogP contribution is 2.27. The number of hydrogen-bond acceptors (Lipinski definition) is 5. The highest BCUT2D eigenvalue weighted by molar-refractivity contribution is 5.78. The molecule has 0 radical (unpaired) electrons. The molecule has 2 fully saturated rings. The molecule has 0 bridgehead atoms. The van der Waals surface area contributed by atoms with Gasteiger partial charge in [-0.3, -0.25) is 9.69 Å². The highest BCUT2D eigenvalue weighted by atomic mass is 16.2. The summed E-state index contributed by atoms with van der Waals surface area (Å²) in [5.74, 6) is 2.32. The Hall–Kier alpha value is -2.47. The van der Waals surface area contributed by atoms with Gasteiger partial charge >= 0.3 is 0 Å². The zero-order valence-electron chi connectivity index (χ0n) is 16.6. The molecule has 2 aromatic heterocycles. The molecule has 2 aromatic rings. The van der Waals surface area contributed by atoms with Crippen LogP contribution in [0.1, 0.15) is 42.9 Å². The molecule has 1 atom stereocenters. The predicted molar refractivity (Wildman–Crippen MR) is 111 cm³/mol. The Kier molecular flexibility index (Phi) is 5.86. The third kappa shape index (κ3) is 4.50. The molecular weight excluding hydrogens is 350 g/mol. The van der Waals surface area contributed by atoms with E-state index in [1.165, 1.54) is 0 Å². The van der Waals surface area contributed by atoms with Gasteiger partial charge in [-0.25, -0.2) is 9.97 Å². The molecule has 4 rings (SSSR count). The van der Waals surface area contributed by atoms with E-state index >= 15 is 0 Å². The van der Waals surface area contributed by atoms with Crippen molar-refractivity contribution in [1.82, 2.24) is 19.8 Å². The van der Waals surface area contributed by atoms with Crippen LogP contribution in [0.2, 0.25) is 0 Å². The molecule has 0 saturated carbocycles. The lowest BCUT2D eigenvalue weighted by atomic mass is 9.94. The highest BCUT2D eigenvalue weighted by Gasteiger charge is 2.26. The first-order chi connectivity index (χ1) is 13.7. The van der Waals surface area contributed by atoms with E-state index in [-0.39, 0.29) is 5.91 Å². The van der Waals surface area contributed by atoms with Gasteiger partial charge in [0.15, 0.2) is 0 Å². The van der Waals surface area contributed by atoms with Gasteiger partial charge in [-0.05, 0) is 62.9 Å². The monoisotopic (exact) mass is 379 g/mol. The van der Waals surface area contributed by atoms with Gasteiger partial charge in [0.25, 0.3) is 0 Å². The number of rotatable bonds is 5. The van der Waals surface area contributed by atoms with Crippen molar-refractivity contribution in [3.05, 3.63) is 47.8 Å². The summed E-state index contributed by atoms with van der Waals surface area (Å²) in [4.78, 5) is 26.1. The molecule has 2 aliphatic rings. The summed E-state index contributed by atoms with van der Waals surface area (Å²) in [6, 6.07) is 10.1. The number of nitrogens with zero attached hydrogens (tertiary/aromatic N) is 4. The normalized spacial score (nSPS) is 20.3. The van der Waals surface area contributed by atoms with Gasteiger partial charge < -0.3 is 10.2 Å². The van der Waals surface area contributed by atoms with Crippen molar-refractivity contribution < 1.29 is 4.79 Å². The van der Waals surface area contributed by atoms with Crippen LogP contribution in [-0.4, -0.2) is 58.4 Å². The van der Waals surface area contributed by atoms with E-state index in [0.717, 1.165) is 74.8 Å². The van der Waals surface area contributed by atoms with Crippen molar-refractivity contribution in [1.29, 1.82) is 0 Å². The SMILES string of the molecule is Cc1cccnc1Nc1cccc(C2CCCN(CC(=O)N3CCCC3)C2)n1. The molecule has 1 amide bonds. The maximum atomic E-state index is 12.5. The van der Waals surface area contributed by atoms with Crippen LogP contribution in [0.4, 0.5) is 11.6 Å². The minimum absolute atomic E-state index is 0.284. The first-order valence-corrected chi connectivity index (χ1v) is 10.3. The quantitative estimate of drug-likeness (QED) is 0.863. The molecule has 148 valence electrons. The van der Waals surface area contributed by atoms with Crippen LogP contribution < -0.4 is 5.32 Å². The number of nitrogens with one attached hydrogen (secondary N) is 1. The largest absolute Gasteiger partial charge is 0.342 e. The van der Waals surface area contributed by atoms with Crippen LogP contribution in [-0.2, 0) is 4.79 Å². The number of amides is 1.